The molecular formula is C18H25BF3N3O2. The van der Waals surface area contributed by atoms with Crippen LogP contribution < -0.4 is 5.46 Å². The number of aromatic nitrogens is 3. The maximum Gasteiger partial charge on any atom is 0.433 e. The van der Waals surface area contributed by atoms with Crippen molar-refractivity contribution in [2.24, 2.45) is 0 Å². The summed E-state index contributed by atoms with van der Waals surface area (Å²) in [5.41, 5.74) is -1.73. The normalized spacial score (nSPS) is 13.7. The monoisotopic (exact) mass is 383 g/mol. The van der Waals surface area contributed by atoms with Gasteiger partial charge in [0.2, 0.25) is 0 Å². The van der Waals surface area contributed by atoms with Crippen molar-refractivity contribution in [3.05, 3.63) is 42.0 Å². The summed E-state index contributed by atoms with van der Waals surface area (Å²) in [6.07, 6.45) is 0.630. The molecule has 0 aromatic carbocycles. The summed E-state index contributed by atoms with van der Waals surface area (Å²) in [7, 11) is 5.58. The van der Waals surface area contributed by atoms with Crippen molar-refractivity contribution >= 4 is 13.3 Å². The standard InChI is InChI=1S/C12H11BF3N3.C6H14O2/c1-2-10(19-7-9(13)6-18-19)8-3-4-11(17-5-8)12(14,15)16;1-5(2,7)6(3,4)8/h3-7,10H,2H2,1H3;7-8H,1-4H3. The van der Waals surface area contributed by atoms with Gasteiger partial charge in [0, 0.05) is 18.6 Å². The summed E-state index contributed by atoms with van der Waals surface area (Å²) in [4.78, 5) is 3.45. The van der Waals surface area contributed by atoms with Gasteiger partial charge in [0.1, 0.15) is 13.5 Å². The van der Waals surface area contributed by atoms with Crippen LogP contribution in [0.15, 0.2) is 30.7 Å². The Kier molecular flexibility index (Phi) is 7.24. The molecule has 0 aliphatic rings. The summed E-state index contributed by atoms with van der Waals surface area (Å²) in [6.45, 7) is 8.22. The third-order valence-corrected chi connectivity index (χ3v) is 4.29. The van der Waals surface area contributed by atoms with E-state index in [-0.39, 0.29) is 6.04 Å². The lowest BCUT2D eigenvalue weighted by atomic mass is 9.90. The highest BCUT2D eigenvalue weighted by molar-refractivity contribution is 6.31. The minimum atomic E-state index is -4.42. The summed E-state index contributed by atoms with van der Waals surface area (Å²) in [5.74, 6) is 0. The van der Waals surface area contributed by atoms with E-state index in [0.29, 0.717) is 17.4 Å². The minimum Gasteiger partial charge on any atom is -0.387 e. The van der Waals surface area contributed by atoms with Crippen LogP contribution in [0, 0.1) is 0 Å². The average molecular weight is 383 g/mol. The summed E-state index contributed by atoms with van der Waals surface area (Å²) in [6, 6.07) is 2.22. The van der Waals surface area contributed by atoms with Gasteiger partial charge in [-0.15, -0.1) is 0 Å². The van der Waals surface area contributed by atoms with Crippen molar-refractivity contribution in [2.45, 2.75) is 64.5 Å². The van der Waals surface area contributed by atoms with Gasteiger partial charge in [0.25, 0.3) is 0 Å². The molecule has 0 aliphatic carbocycles. The highest BCUT2D eigenvalue weighted by atomic mass is 19.4. The molecule has 2 aromatic heterocycles. The molecule has 2 aromatic rings. The zero-order valence-corrected chi connectivity index (χ0v) is 16.1. The lowest BCUT2D eigenvalue weighted by molar-refractivity contribution is -0.141. The fourth-order valence-corrected chi connectivity index (χ4v) is 1.87. The average Bonchev–Trinajstić information content (AvgIpc) is 2.92. The van der Waals surface area contributed by atoms with Gasteiger partial charge in [-0.05, 0) is 45.7 Å². The predicted molar refractivity (Wildman–Crippen MR) is 97.9 cm³/mol. The third kappa shape index (κ3) is 6.66. The fourth-order valence-electron chi connectivity index (χ4n) is 1.87. The lowest BCUT2D eigenvalue weighted by Gasteiger charge is -2.31. The van der Waals surface area contributed by atoms with E-state index in [1.807, 2.05) is 6.92 Å². The van der Waals surface area contributed by atoms with Gasteiger partial charge in [-0.25, -0.2) is 0 Å². The minimum absolute atomic E-state index is 0.174. The first-order valence-corrected chi connectivity index (χ1v) is 8.44. The van der Waals surface area contributed by atoms with Crippen molar-refractivity contribution in [2.75, 3.05) is 0 Å². The number of alkyl halides is 3. The van der Waals surface area contributed by atoms with Gasteiger partial charge >= 0.3 is 6.18 Å². The molecule has 0 saturated carbocycles. The SMILES string of the molecule is CC(C)(O)C(C)(C)O.[B]c1cnn(C(CC)c2ccc(C(F)(F)F)nc2)c1. The molecule has 1 unspecified atom stereocenters. The number of rotatable bonds is 4. The van der Waals surface area contributed by atoms with Crippen LogP contribution in [0.25, 0.3) is 0 Å². The molecule has 0 bridgehead atoms. The molecule has 0 aliphatic heterocycles. The Balaban J connectivity index is 0.000000387. The smallest absolute Gasteiger partial charge is 0.387 e. The number of nitrogens with zero attached hydrogens (tertiary/aromatic N) is 3. The Morgan fingerprint density at radius 2 is 1.63 bits per heavy atom. The second kappa shape index (κ2) is 8.43. The first kappa shape index (κ1) is 23.2. The molecular weight excluding hydrogens is 358 g/mol. The van der Waals surface area contributed by atoms with E-state index in [4.69, 9.17) is 18.1 Å². The van der Waals surface area contributed by atoms with Crippen molar-refractivity contribution < 1.29 is 23.4 Å². The van der Waals surface area contributed by atoms with Crippen LogP contribution in [0.5, 0.6) is 0 Å². The van der Waals surface area contributed by atoms with Crippen LogP contribution in [0.2, 0.25) is 0 Å². The second-order valence-corrected chi connectivity index (χ2v) is 7.27. The van der Waals surface area contributed by atoms with Gasteiger partial charge in [-0.2, -0.15) is 18.3 Å². The summed E-state index contributed by atoms with van der Waals surface area (Å²) < 4.78 is 38.9. The Labute approximate surface area is 158 Å². The predicted octanol–water partition coefficient (Wildman–Crippen LogP) is 2.62. The summed E-state index contributed by atoms with van der Waals surface area (Å²) in [5, 5.41) is 22.3. The largest absolute Gasteiger partial charge is 0.433 e. The van der Waals surface area contributed by atoms with E-state index >= 15 is 0 Å². The third-order valence-electron chi connectivity index (χ3n) is 4.29. The van der Waals surface area contributed by atoms with Crippen LogP contribution in [0.3, 0.4) is 0 Å². The Morgan fingerprint density at radius 3 is 1.93 bits per heavy atom. The Bertz CT molecular complexity index is 705. The second-order valence-electron chi connectivity index (χ2n) is 7.27. The fraction of sp³-hybridized carbons (Fsp3) is 0.556. The highest BCUT2D eigenvalue weighted by Gasteiger charge is 2.32. The molecule has 9 heteroatoms. The number of halogens is 3. The van der Waals surface area contributed by atoms with Crippen LogP contribution in [-0.4, -0.2) is 44.0 Å². The van der Waals surface area contributed by atoms with E-state index in [0.717, 1.165) is 6.07 Å². The highest BCUT2D eigenvalue weighted by Crippen LogP contribution is 2.29. The van der Waals surface area contributed by atoms with Crippen LogP contribution in [0.1, 0.15) is 58.3 Å². The van der Waals surface area contributed by atoms with Crippen molar-refractivity contribution in [1.82, 2.24) is 14.8 Å². The first-order chi connectivity index (χ1) is 12.2. The topological polar surface area (TPSA) is 71.2 Å². The van der Waals surface area contributed by atoms with Crippen LogP contribution >= 0.6 is 0 Å². The molecule has 27 heavy (non-hydrogen) atoms. The molecule has 2 radical (unpaired) electrons. The molecule has 148 valence electrons. The van der Waals surface area contributed by atoms with Crippen molar-refractivity contribution in [1.29, 1.82) is 0 Å². The number of aliphatic hydroxyl groups is 2. The molecule has 0 saturated heterocycles. The van der Waals surface area contributed by atoms with E-state index in [9.17, 15) is 13.2 Å². The molecule has 0 spiro atoms. The van der Waals surface area contributed by atoms with E-state index in [1.54, 1.807) is 38.6 Å². The van der Waals surface area contributed by atoms with Crippen molar-refractivity contribution in [3.63, 3.8) is 0 Å². The number of hydrogen-bond acceptors (Lipinski definition) is 4. The maximum absolute atomic E-state index is 12.4. The Hall–Kier alpha value is -1.87. The van der Waals surface area contributed by atoms with Crippen molar-refractivity contribution in [3.8, 4) is 0 Å². The quantitative estimate of drug-likeness (QED) is 0.797. The Morgan fingerprint density at radius 1 is 1.07 bits per heavy atom. The van der Waals surface area contributed by atoms with Gasteiger partial charge < -0.3 is 10.2 Å². The molecule has 2 N–H and O–H groups in total. The number of pyridine rings is 1. The summed E-state index contributed by atoms with van der Waals surface area (Å²) >= 11 is 0. The van der Waals surface area contributed by atoms with Crippen LogP contribution in [-0.2, 0) is 6.18 Å². The van der Waals surface area contributed by atoms with Gasteiger partial charge in [0.05, 0.1) is 17.2 Å². The molecule has 2 heterocycles. The first-order valence-electron chi connectivity index (χ1n) is 8.44. The van der Waals surface area contributed by atoms with Gasteiger partial charge in [-0.3, -0.25) is 9.67 Å². The molecule has 0 amide bonds. The van der Waals surface area contributed by atoms with Gasteiger partial charge in [-0.1, -0.05) is 18.5 Å². The van der Waals surface area contributed by atoms with E-state index in [2.05, 4.69) is 10.1 Å². The molecule has 2 rings (SSSR count). The molecule has 0 fully saturated rings. The van der Waals surface area contributed by atoms with E-state index in [1.165, 1.54) is 18.5 Å². The maximum atomic E-state index is 12.4. The number of hydrogen-bond donors (Lipinski definition) is 2. The van der Waals surface area contributed by atoms with E-state index < -0.39 is 23.1 Å². The zero-order valence-electron chi connectivity index (χ0n) is 16.1. The lowest BCUT2D eigenvalue weighted by Crippen LogP contribution is -2.44. The molecule has 1 atom stereocenters. The molecule has 5 nitrogen and oxygen atoms in total. The zero-order chi connectivity index (χ0) is 21.0. The van der Waals surface area contributed by atoms with Crippen LogP contribution in [0.4, 0.5) is 13.2 Å². The van der Waals surface area contributed by atoms with Gasteiger partial charge in [0.15, 0.2) is 0 Å².